The Balaban J connectivity index is 1.62. The first-order chi connectivity index (χ1) is 8.74. The molecule has 2 fully saturated rings. The highest BCUT2D eigenvalue weighted by molar-refractivity contribution is 7.10. The van der Waals surface area contributed by atoms with Crippen molar-refractivity contribution in [3.05, 3.63) is 10.0 Å². The van der Waals surface area contributed by atoms with E-state index >= 15 is 0 Å². The van der Waals surface area contributed by atoms with Crippen molar-refractivity contribution >= 4 is 23.1 Å². The van der Waals surface area contributed by atoms with Gasteiger partial charge in [0.05, 0.1) is 0 Å². The van der Waals surface area contributed by atoms with Crippen LogP contribution in [0.15, 0.2) is 0 Å². The molecule has 1 aromatic heterocycles. The van der Waals surface area contributed by atoms with Crippen molar-refractivity contribution < 1.29 is 0 Å². The highest BCUT2D eigenvalue weighted by Gasteiger charge is 2.34. The molecule has 2 unspecified atom stereocenters. The van der Waals surface area contributed by atoms with Crippen LogP contribution in [-0.4, -0.2) is 52.1 Å². The van der Waals surface area contributed by atoms with Crippen LogP contribution in [0.3, 0.4) is 0 Å². The Bertz CT molecular complexity index is 411. The van der Waals surface area contributed by atoms with E-state index in [1.54, 1.807) is 0 Å². The van der Waals surface area contributed by atoms with Gasteiger partial charge in [-0.3, -0.25) is 4.90 Å². The van der Waals surface area contributed by atoms with E-state index in [4.69, 9.17) is 11.6 Å². The Morgan fingerprint density at radius 1 is 1.39 bits per heavy atom. The molecule has 0 aliphatic carbocycles. The summed E-state index contributed by atoms with van der Waals surface area (Å²) >= 11 is 7.36. The van der Waals surface area contributed by atoms with Crippen LogP contribution >= 0.6 is 23.1 Å². The molecule has 4 nitrogen and oxygen atoms in total. The first kappa shape index (κ1) is 12.8. The summed E-state index contributed by atoms with van der Waals surface area (Å²) in [5.74, 6) is 0.822. The van der Waals surface area contributed by atoms with Crippen LogP contribution in [0.1, 0.15) is 25.0 Å². The molecule has 0 N–H and O–H groups in total. The van der Waals surface area contributed by atoms with E-state index < -0.39 is 0 Å². The Morgan fingerprint density at radius 2 is 2.28 bits per heavy atom. The van der Waals surface area contributed by atoms with Gasteiger partial charge in [0.15, 0.2) is 0 Å². The first-order valence-corrected chi connectivity index (χ1v) is 7.78. The van der Waals surface area contributed by atoms with Crippen LogP contribution in [-0.2, 0) is 6.54 Å². The zero-order chi connectivity index (χ0) is 12.5. The summed E-state index contributed by atoms with van der Waals surface area (Å²) in [6.07, 6.45) is 3.98. The van der Waals surface area contributed by atoms with E-state index in [1.165, 1.54) is 43.9 Å². The summed E-state index contributed by atoms with van der Waals surface area (Å²) in [5, 5.41) is 4.11. The van der Waals surface area contributed by atoms with E-state index in [0.29, 0.717) is 0 Å². The van der Waals surface area contributed by atoms with Gasteiger partial charge in [-0.2, -0.15) is 0 Å². The highest BCUT2D eigenvalue weighted by Crippen LogP contribution is 2.30. The van der Waals surface area contributed by atoms with Crippen LogP contribution in [0, 0.1) is 5.92 Å². The number of piperidine rings is 2. The monoisotopic (exact) mass is 286 g/mol. The Kier molecular flexibility index (Phi) is 3.84. The predicted octanol–water partition coefficient (Wildman–Crippen LogP) is 2.11. The second-order valence-electron chi connectivity index (χ2n) is 5.47. The Labute approximate surface area is 117 Å². The van der Waals surface area contributed by atoms with Crippen molar-refractivity contribution in [3.8, 4) is 0 Å². The van der Waals surface area contributed by atoms with Crippen LogP contribution in [0.4, 0.5) is 0 Å². The lowest BCUT2D eigenvalue weighted by molar-refractivity contribution is 0.0350. The minimum absolute atomic E-state index is 0.748. The first-order valence-electron chi connectivity index (χ1n) is 6.63. The lowest BCUT2D eigenvalue weighted by atomic mass is 9.84. The molecule has 0 radical (unpaired) electrons. The molecule has 1 aromatic rings. The van der Waals surface area contributed by atoms with Crippen molar-refractivity contribution in [2.24, 2.45) is 5.92 Å². The van der Waals surface area contributed by atoms with E-state index in [9.17, 15) is 0 Å². The van der Waals surface area contributed by atoms with Crippen molar-refractivity contribution in [1.82, 2.24) is 19.4 Å². The maximum absolute atomic E-state index is 6.08. The molecule has 2 atom stereocenters. The maximum atomic E-state index is 6.08. The predicted molar refractivity (Wildman–Crippen MR) is 74.0 cm³/mol. The molecule has 18 heavy (non-hydrogen) atoms. The summed E-state index contributed by atoms with van der Waals surface area (Å²) in [7, 11) is 2.27. The fourth-order valence-electron chi connectivity index (χ4n) is 3.37. The van der Waals surface area contributed by atoms with Gasteiger partial charge < -0.3 is 4.90 Å². The minimum Gasteiger partial charge on any atom is -0.303 e. The molecule has 3 rings (SSSR count). The van der Waals surface area contributed by atoms with Gasteiger partial charge in [0.1, 0.15) is 10.0 Å². The van der Waals surface area contributed by atoms with Crippen molar-refractivity contribution in [2.45, 2.75) is 31.8 Å². The number of nitrogens with zero attached hydrogens (tertiary/aromatic N) is 4. The molecule has 0 saturated carbocycles. The Morgan fingerprint density at radius 3 is 3.06 bits per heavy atom. The fourth-order valence-corrected chi connectivity index (χ4v) is 3.99. The van der Waals surface area contributed by atoms with Crippen LogP contribution in [0.2, 0.25) is 4.34 Å². The molecule has 2 aliphatic rings. The van der Waals surface area contributed by atoms with Crippen molar-refractivity contribution in [3.63, 3.8) is 0 Å². The second kappa shape index (κ2) is 5.41. The second-order valence-corrected chi connectivity index (χ2v) is 6.82. The van der Waals surface area contributed by atoms with Gasteiger partial charge in [-0.1, -0.05) is 16.1 Å². The summed E-state index contributed by atoms with van der Waals surface area (Å²) in [5.41, 5.74) is 0.948. The van der Waals surface area contributed by atoms with Crippen LogP contribution in [0.5, 0.6) is 0 Å². The molecule has 100 valence electrons. The third kappa shape index (κ3) is 2.54. The van der Waals surface area contributed by atoms with Gasteiger partial charge in [0.25, 0.3) is 0 Å². The van der Waals surface area contributed by atoms with E-state index in [0.717, 1.165) is 35.1 Å². The average molecular weight is 287 g/mol. The molecule has 2 aliphatic heterocycles. The topological polar surface area (TPSA) is 32.3 Å². The minimum atomic E-state index is 0.748. The normalized spacial score (nSPS) is 30.3. The number of hydrogen-bond acceptors (Lipinski definition) is 5. The molecule has 2 saturated heterocycles. The van der Waals surface area contributed by atoms with E-state index in [-0.39, 0.29) is 0 Å². The van der Waals surface area contributed by atoms with Crippen molar-refractivity contribution in [2.75, 3.05) is 26.7 Å². The standard InChI is InChI=1S/C12H19ClN4S/c1-16-5-2-3-9-7-17(6-4-11(9)16)8-10-12(13)18-15-14-10/h9,11H,2-8H2,1H3. The molecule has 0 spiro atoms. The average Bonchev–Trinajstić information content (AvgIpc) is 2.75. The summed E-state index contributed by atoms with van der Waals surface area (Å²) in [6, 6.07) is 0.791. The fraction of sp³-hybridized carbons (Fsp3) is 0.833. The quantitative estimate of drug-likeness (QED) is 0.833. The van der Waals surface area contributed by atoms with Crippen LogP contribution < -0.4 is 0 Å². The molecular weight excluding hydrogens is 268 g/mol. The lowest BCUT2D eigenvalue weighted by Gasteiger charge is -2.45. The molecular formula is C12H19ClN4S. The summed E-state index contributed by atoms with van der Waals surface area (Å²) in [4.78, 5) is 5.03. The number of hydrogen-bond donors (Lipinski definition) is 0. The van der Waals surface area contributed by atoms with Gasteiger partial charge in [0.2, 0.25) is 0 Å². The SMILES string of the molecule is CN1CCCC2CN(Cc3nnsc3Cl)CCC21. The van der Waals surface area contributed by atoms with Gasteiger partial charge >= 0.3 is 0 Å². The highest BCUT2D eigenvalue weighted by atomic mass is 35.5. The molecule has 0 amide bonds. The number of likely N-dealkylation sites (tertiary alicyclic amines) is 2. The number of rotatable bonds is 2. The lowest BCUT2D eigenvalue weighted by Crippen LogP contribution is -2.52. The Hall–Kier alpha value is -0.230. The molecule has 6 heteroatoms. The van der Waals surface area contributed by atoms with E-state index in [2.05, 4.69) is 26.4 Å². The van der Waals surface area contributed by atoms with Crippen LogP contribution in [0.25, 0.3) is 0 Å². The third-order valence-electron chi connectivity index (χ3n) is 4.31. The molecule has 0 bridgehead atoms. The van der Waals surface area contributed by atoms with Gasteiger partial charge in [-0.05, 0) is 38.8 Å². The van der Waals surface area contributed by atoms with Crippen molar-refractivity contribution in [1.29, 1.82) is 0 Å². The van der Waals surface area contributed by atoms with Gasteiger partial charge in [0, 0.05) is 37.2 Å². The number of aromatic nitrogens is 2. The van der Waals surface area contributed by atoms with Gasteiger partial charge in [-0.15, -0.1) is 5.10 Å². The zero-order valence-corrected chi connectivity index (χ0v) is 12.3. The smallest absolute Gasteiger partial charge is 0.138 e. The zero-order valence-electron chi connectivity index (χ0n) is 10.7. The summed E-state index contributed by atoms with van der Waals surface area (Å²) < 4.78 is 4.65. The van der Waals surface area contributed by atoms with Gasteiger partial charge in [-0.25, -0.2) is 0 Å². The maximum Gasteiger partial charge on any atom is 0.138 e. The van der Waals surface area contributed by atoms with E-state index in [1.807, 2.05) is 0 Å². The molecule has 3 heterocycles. The molecule has 0 aromatic carbocycles. The summed E-state index contributed by atoms with van der Waals surface area (Å²) in [6.45, 7) is 4.47. The number of halogens is 1. The largest absolute Gasteiger partial charge is 0.303 e. The third-order valence-corrected chi connectivity index (χ3v) is 5.30. The number of fused-ring (bicyclic) bond motifs is 1.